The molecular formula is C8H5ClINO4S. The van der Waals surface area contributed by atoms with E-state index in [1.165, 1.54) is 12.1 Å². The first-order chi connectivity index (χ1) is 7.33. The maximum Gasteiger partial charge on any atom is 0.348 e. The summed E-state index contributed by atoms with van der Waals surface area (Å²) in [6, 6.07) is 5.89. The van der Waals surface area contributed by atoms with Crippen LogP contribution in [0.4, 0.5) is 0 Å². The molecule has 0 aliphatic heterocycles. The number of sulfone groups is 1. The second-order valence-corrected chi connectivity index (χ2v) is 6.13. The number of rotatable bonds is 3. The summed E-state index contributed by atoms with van der Waals surface area (Å²) in [6.07, 6.45) is 0. The molecule has 0 N–H and O–H groups in total. The first-order valence-corrected chi connectivity index (χ1v) is 6.85. The average Bonchev–Trinajstić information content (AvgIpc) is 2.17. The number of hydrogen-bond donors (Lipinski definition) is 0. The van der Waals surface area contributed by atoms with Crippen LogP contribution in [-0.2, 0) is 9.84 Å². The molecule has 0 heterocycles. The van der Waals surface area contributed by atoms with Gasteiger partial charge in [-0.1, -0.05) is 0 Å². The van der Waals surface area contributed by atoms with Crippen molar-refractivity contribution in [3.8, 4) is 0 Å². The minimum atomic E-state index is -3.86. The monoisotopic (exact) mass is 373 g/mol. The van der Waals surface area contributed by atoms with Crippen LogP contribution in [0.2, 0.25) is 0 Å². The zero-order chi connectivity index (χ0) is 12.3. The Labute approximate surface area is 110 Å². The van der Waals surface area contributed by atoms with Gasteiger partial charge in [0.25, 0.3) is 0 Å². The summed E-state index contributed by atoms with van der Waals surface area (Å²) in [5.74, 6) is 0. The fourth-order valence-corrected chi connectivity index (χ4v) is 2.57. The summed E-state index contributed by atoms with van der Waals surface area (Å²) in [7, 11) is -3.86. The predicted molar refractivity (Wildman–Crippen MR) is 67.3 cm³/mol. The number of benzene rings is 1. The lowest BCUT2D eigenvalue weighted by atomic mass is 10.4. The van der Waals surface area contributed by atoms with Gasteiger partial charge in [-0.3, -0.25) is 10.1 Å². The maximum atomic E-state index is 11.6. The molecule has 5 nitrogen and oxygen atoms in total. The van der Waals surface area contributed by atoms with Gasteiger partial charge in [-0.2, -0.15) is 0 Å². The van der Waals surface area contributed by atoms with Gasteiger partial charge in [0.15, 0.2) is 0 Å². The highest BCUT2D eigenvalue weighted by molar-refractivity contribution is 14.1. The quantitative estimate of drug-likeness (QED) is 0.353. The second-order valence-electron chi connectivity index (χ2n) is 2.70. The molecule has 1 aromatic carbocycles. The summed E-state index contributed by atoms with van der Waals surface area (Å²) >= 11 is 7.18. The molecule has 86 valence electrons. The molecule has 0 amide bonds. The van der Waals surface area contributed by atoms with Crippen molar-refractivity contribution in [2.24, 2.45) is 0 Å². The highest BCUT2D eigenvalue weighted by Gasteiger charge is 2.17. The Morgan fingerprint density at radius 2 is 1.88 bits per heavy atom. The minimum absolute atomic E-state index is 0.0343. The summed E-state index contributed by atoms with van der Waals surface area (Å²) in [5, 5.41) is 9.70. The van der Waals surface area contributed by atoms with Crippen LogP contribution in [0.25, 0.3) is 0 Å². The fraction of sp³-hybridized carbons (Fsp3) is 0. The minimum Gasteiger partial charge on any atom is -0.257 e. The van der Waals surface area contributed by atoms with E-state index in [9.17, 15) is 18.5 Å². The molecule has 0 fully saturated rings. The van der Waals surface area contributed by atoms with Crippen LogP contribution < -0.4 is 0 Å². The SMILES string of the molecule is O=[N+]([O-])/C(Cl)=C/S(=O)(=O)c1ccc(I)cc1. The molecule has 0 saturated carbocycles. The third-order valence-electron chi connectivity index (χ3n) is 1.57. The van der Waals surface area contributed by atoms with Crippen molar-refractivity contribution in [1.29, 1.82) is 0 Å². The Kier molecular flexibility index (Phi) is 4.28. The summed E-state index contributed by atoms with van der Waals surface area (Å²) < 4.78 is 24.0. The first-order valence-electron chi connectivity index (χ1n) is 3.85. The highest BCUT2D eigenvalue weighted by atomic mass is 127. The van der Waals surface area contributed by atoms with Crippen molar-refractivity contribution in [2.45, 2.75) is 4.90 Å². The lowest BCUT2D eigenvalue weighted by Crippen LogP contribution is -2.00. The average molecular weight is 374 g/mol. The van der Waals surface area contributed by atoms with Gasteiger partial charge in [0, 0.05) is 3.57 Å². The maximum absolute atomic E-state index is 11.6. The van der Waals surface area contributed by atoms with Gasteiger partial charge in [0.1, 0.15) is 5.41 Å². The van der Waals surface area contributed by atoms with Gasteiger partial charge >= 0.3 is 5.16 Å². The van der Waals surface area contributed by atoms with Crippen LogP contribution in [0.3, 0.4) is 0 Å². The smallest absolute Gasteiger partial charge is 0.257 e. The van der Waals surface area contributed by atoms with Gasteiger partial charge in [-0.15, -0.1) is 0 Å². The Balaban J connectivity index is 3.18. The molecular weight excluding hydrogens is 369 g/mol. The van der Waals surface area contributed by atoms with Gasteiger partial charge < -0.3 is 0 Å². The highest BCUT2D eigenvalue weighted by Crippen LogP contribution is 2.17. The van der Waals surface area contributed by atoms with E-state index in [4.69, 9.17) is 11.6 Å². The number of hydrogen-bond acceptors (Lipinski definition) is 4. The first kappa shape index (κ1) is 13.4. The van der Waals surface area contributed by atoms with E-state index in [1.54, 1.807) is 12.1 Å². The third-order valence-corrected chi connectivity index (χ3v) is 4.13. The molecule has 0 radical (unpaired) electrons. The molecule has 0 spiro atoms. The normalized spacial score (nSPS) is 12.5. The number of halogens is 2. The molecule has 1 aromatic rings. The van der Waals surface area contributed by atoms with E-state index >= 15 is 0 Å². The molecule has 0 unspecified atom stereocenters. The molecule has 0 saturated heterocycles. The Morgan fingerprint density at radius 3 is 2.31 bits per heavy atom. The lowest BCUT2D eigenvalue weighted by molar-refractivity contribution is -0.411. The van der Waals surface area contributed by atoms with Crippen molar-refractivity contribution < 1.29 is 13.3 Å². The molecule has 0 aliphatic rings. The van der Waals surface area contributed by atoms with Crippen molar-refractivity contribution in [3.05, 3.63) is 48.5 Å². The molecule has 0 aromatic heterocycles. The van der Waals surface area contributed by atoms with Gasteiger partial charge in [-0.05, 0) is 58.5 Å². The van der Waals surface area contributed by atoms with Crippen molar-refractivity contribution >= 4 is 44.0 Å². The zero-order valence-electron chi connectivity index (χ0n) is 7.63. The Bertz CT molecular complexity index is 538. The van der Waals surface area contributed by atoms with Crippen molar-refractivity contribution in [3.63, 3.8) is 0 Å². The van der Waals surface area contributed by atoms with E-state index in [0.717, 1.165) is 3.57 Å². The predicted octanol–water partition coefficient (Wildman–Crippen LogP) is 2.38. The summed E-state index contributed by atoms with van der Waals surface area (Å²) in [5.41, 5.74) is 0. The van der Waals surface area contributed by atoms with Crippen LogP contribution in [-0.4, -0.2) is 13.3 Å². The van der Waals surface area contributed by atoms with Gasteiger partial charge in [-0.25, -0.2) is 8.42 Å². The van der Waals surface area contributed by atoms with Crippen LogP contribution >= 0.6 is 34.2 Å². The van der Waals surface area contributed by atoms with E-state index in [2.05, 4.69) is 0 Å². The van der Waals surface area contributed by atoms with Crippen LogP contribution in [0.15, 0.2) is 39.7 Å². The number of nitro groups is 1. The molecule has 0 atom stereocenters. The van der Waals surface area contributed by atoms with E-state index < -0.39 is 19.9 Å². The third kappa shape index (κ3) is 3.42. The largest absolute Gasteiger partial charge is 0.348 e. The Morgan fingerprint density at radius 1 is 1.38 bits per heavy atom. The standard InChI is InChI=1S/C8H5ClINO4S/c9-8(11(12)13)5-16(14,15)7-3-1-6(10)2-4-7/h1-5H/b8-5+. The lowest BCUT2D eigenvalue weighted by Gasteiger charge is -1.98. The van der Waals surface area contributed by atoms with Gasteiger partial charge in [0.05, 0.1) is 9.82 Å². The van der Waals surface area contributed by atoms with Crippen molar-refractivity contribution in [2.75, 3.05) is 0 Å². The number of nitrogens with zero attached hydrogens (tertiary/aromatic N) is 1. The van der Waals surface area contributed by atoms with Gasteiger partial charge in [0.2, 0.25) is 9.84 Å². The molecule has 0 aliphatic carbocycles. The fourth-order valence-electron chi connectivity index (χ4n) is 0.863. The topological polar surface area (TPSA) is 77.3 Å². The van der Waals surface area contributed by atoms with Crippen LogP contribution in [0, 0.1) is 13.7 Å². The van der Waals surface area contributed by atoms with Crippen LogP contribution in [0.5, 0.6) is 0 Å². The molecule has 8 heteroatoms. The van der Waals surface area contributed by atoms with E-state index in [-0.39, 0.29) is 4.90 Å². The molecule has 16 heavy (non-hydrogen) atoms. The molecule has 0 bridgehead atoms. The van der Waals surface area contributed by atoms with Crippen LogP contribution in [0.1, 0.15) is 0 Å². The Hall–Kier alpha value is -0.670. The summed E-state index contributed by atoms with van der Waals surface area (Å²) in [6.45, 7) is 0. The molecule has 1 rings (SSSR count). The zero-order valence-corrected chi connectivity index (χ0v) is 11.4. The van der Waals surface area contributed by atoms with E-state index in [0.29, 0.717) is 5.41 Å². The summed E-state index contributed by atoms with van der Waals surface area (Å²) in [4.78, 5) is 9.20. The second kappa shape index (κ2) is 5.11. The van der Waals surface area contributed by atoms with Crippen molar-refractivity contribution in [1.82, 2.24) is 0 Å². The van der Waals surface area contributed by atoms with E-state index in [1.807, 2.05) is 22.6 Å².